The minimum atomic E-state index is -0.406. The van der Waals surface area contributed by atoms with Gasteiger partial charge in [-0.25, -0.2) is 0 Å². The number of benzene rings is 2. The van der Waals surface area contributed by atoms with E-state index < -0.39 is 11.5 Å². The van der Waals surface area contributed by atoms with Crippen LogP contribution in [0, 0.1) is 0 Å². The first kappa shape index (κ1) is 29.5. The molecule has 0 atom stereocenters. The van der Waals surface area contributed by atoms with Gasteiger partial charge in [0, 0.05) is 31.1 Å². The number of para-hydroxylation sites is 1. The summed E-state index contributed by atoms with van der Waals surface area (Å²) < 4.78 is 12.5. The highest BCUT2D eigenvalue weighted by molar-refractivity contribution is 7.22. The summed E-state index contributed by atoms with van der Waals surface area (Å²) in [5.41, 5.74) is 0.753. The van der Waals surface area contributed by atoms with Crippen LogP contribution >= 0.6 is 11.3 Å². The summed E-state index contributed by atoms with van der Waals surface area (Å²) in [6.07, 6.45) is 0.553. The molecule has 0 aliphatic carbocycles. The van der Waals surface area contributed by atoms with Crippen molar-refractivity contribution in [2.24, 2.45) is 0 Å². The molecule has 10 heteroatoms. The molecule has 0 spiro atoms. The predicted molar refractivity (Wildman–Crippen MR) is 154 cm³/mol. The van der Waals surface area contributed by atoms with Crippen molar-refractivity contribution >= 4 is 50.4 Å². The van der Waals surface area contributed by atoms with Crippen LogP contribution in [0.5, 0.6) is 5.75 Å². The maximum absolute atomic E-state index is 13.6. The number of ether oxygens (including phenoxy) is 2. The zero-order chi connectivity index (χ0) is 28.6. The normalized spacial score (nSPS) is 11.0. The number of fused-ring (bicyclic) bond motifs is 3. The molecule has 4 aromatic rings. The lowest BCUT2D eigenvalue weighted by molar-refractivity contribution is -0.109. The largest absolute Gasteiger partial charge is 0.494 e. The number of hydrogen-bond acceptors (Lipinski definition) is 7. The lowest BCUT2D eigenvalue weighted by Gasteiger charge is -2.14. The van der Waals surface area contributed by atoms with Crippen molar-refractivity contribution in [1.82, 2.24) is 15.2 Å². The number of aromatic nitrogens is 1. The summed E-state index contributed by atoms with van der Waals surface area (Å²) in [5.74, 6) is -0.430. The number of methoxy groups -OCH3 is 2. The molecule has 2 amide bonds. The molecule has 39 heavy (non-hydrogen) atoms. The van der Waals surface area contributed by atoms with Gasteiger partial charge >= 0.3 is 0 Å². The van der Waals surface area contributed by atoms with E-state index >= 15 is 0 Å². The Bertz CT molecular complexity index is 1520. The molecule has 0 aliphatic heterocycles. The number of thiophene rings is 1. The van der Waals surface area contributed by atoms with Gasteiger partial charge in [-0.05, 0) is 26.8 Å². The van der Waals surface area contributed by atoms with Gasteiger partial charge in [-0.3, -0.25) is 23.7 Å². The molecule has 0 saturated heterocycles. The van der Waals surface area contributed by atoms with Crippen molar-refractivity contribution in [3.05, 3.63) is 75.4 Å². The average molecular weight is 552 g/mol. The number of rotatable bonds is 9. The van der Waals surface area contributed by atoms with Crippen LogP contribution in [-0.4, -0.2) is 55.6 Å². The minimum Gasteiger partial charge on any atom is -0.494 e. The Morgan fingerprint density at radius 2 is 1.64 bits per heavy atom. The molecule has 4 rings (SSSR count). The average Bonchev–Trinajstić information content (AvgIpc) is 3.34. The van der Waals surface area contributed by atoms with Gasteiger partial charge < -0.3 is 20.1 Å². The minimum absolute atomic E-state index is 0.0417. The van der Waals surface area contributed by atoms with Crippen LogP contribution in [-0.2, 0) is 16.1 Å². The molecule has 206 valence electrons. The lowest BCUT2D eigenvalue weighted by Crippen LogP contribution is -2.31. The zero-order valence-corrected chi connectivity index (χ0v) is 23.5. The Morgan fingerprint density at radius 1 is 1.00 bits per heavy atom. The number of Topliss-reactive ketones (excluding diaryl/α,β-unsaturated/α-hetero) is 1. The van der Waals surface area contributed by atoms with E-state index in [0.717, 1.165) is 16.7 Å². The second-order valence-corrected chi connectivity index (χ2v) is 10.5. The Morgan fingerprint density at radius 3 is 2.26 bits per heavy atom. The number of carbonyl (C=O) groups excluding carboxylic acids is 3. The first-order valence-corrected chi connectivity index (χ1v) is 13.1. The fourth-order valence-electron chi connectivity index (χ4n) is 3.69. The molecule has 0 saturated carbocycles. The van der Waals surface area contributed by atoms with E-state index in [4.69, 9.17) is 9.47 Å². The van der Waals surface area contributed by atoms with Crippen LogP contribution in [0.15, 0.2) is 59.4 Å². The highest BCUT2D eigenvalue weighted by Gasteiger charge is 2.25. The number of nitrogens with one attached hydrogen (secondary N) is 2. The maximum atomic E-state index is 13.6. The van der Waals surface area contributed by atoms with Gasteiger partial charge in [0.25, 0.3) is 11.5 Å². The number of hydrogen-bond donors (Lipinski definition) is 2. The molecule has 0 radical (unpaired) electrons. The monoisotopic (exact) mass is 551 g/mol. The van der Waals surface area contributed by atoms with Crippen LogP contribution in [0.1, 0.15) is 40.8 Å². The molecule has 0 aliphatic rings. The number of pyridine rings is 1. The molecule has 0 fully saturated rings. The van der Waals surface area contributed by atoms with E-state index in [1.807, 2.05) is 39.0 Å². The summed E-state index contributed by atoms with van der Waals surface area (Å²) >= 11 is 1.16. The van der Waals surface area contributed by atoms with E-state index in [-0.39, 0.29) is 47.0 Å². The van der Waals surface area contributed by atoms with Crippen LogP contribution in [0.4, 0.5) is 0 Å². The van der Waals surface area contributed by atoms with Crippen molar-refractivity contribution in [1.29, 1.82) is 0 Å². The van der Waals surface area contributed by atoms with Crippen LogP contribution in [0.25, 0.3) is 21.0 Å². The number of nitrogens with zero attached hydrogens (tertiary/aromatic N) is 1. The molecule has 2 N–H and O–H groups in total. The summed E-state index contributed by atoms with van der Waals surface area (Å²) in [6, 6.07) is 16.1. The highest BCUT2D eigenvalue weighted by atomic mass is 32.1. The Balaban J connectivity index is 0.000000631. The predicted octanol–water partition coefficient (Wildman–Crippen LogP) is 4.01. The van der Waals surface area contributed by atoms with Crippen molar-refractivity contribution in [3.63, 3.8) is 0 Å². The Kier molecular flexibility index (Phi) is 9.97. The molecular formula is C29H33N3O6S. The van der Waals surface area contributed by atoms with Gasteiger partial charge in [0.2, 0.25) is 6.41 Å². The van der Waals surface area contributed by atoms with Gasteiger partial charge in [-0.2, -0.15) is 0 Å². The van der Waals surface area contributed by atoms with Gasteiger partial charge in [0.05, 0.1) is 29.5 Å². The summed E-state index contributed by atoms with van der Waals surface area (Å²) in [4.78, 5) is 49.9. The molecule has 9 nitrogen and oxygen atoms in total. The van der Waals surface area contributed by atoms with Gasteiger partial charge in [-0.15, -0.1) is 11.3 Å². The third-order valence-electron chi connectivity index (χ3n) is 5.82. The summed E-state index contributed by atoms with van der Waals surface area (Å²) in [7, 11) is 3.11. The topological polar surface area (TPSA) is 116 Å². The maximum Gasteiger partial charge on any atom is 0.265 e. The van der Waals surface area contributed by atoms with Gasteiger partial charge in [-0.1, -0.05) is 48.5 Å². The molecule has 2 aromatic carbocycles. The van der Waals surface area contributed by atoms with Crippen molar-refractivity contribution < 1.29 is 23.9 Å². The fourth-order valence-corrected chi connectivity index (χ4v) is 4.90. The Labute approximate surface area is 230 Å². The zero-order valence-electron chi connectivity index (χ0n) is 22.7. The first-order chi connectivity index (χ1) is 18.6. The summed E-state index contributed by atoms with van der Waals surface area (Å²) in [5, 5.41) is 6.20. The van der Waals surface area contributed by atoms with E-state index in [1.54, 1.807) is 43.5 Å². The molecule has 2 heterocycles. The molecular weight excluding hydrogens is 518 g/mol. The summed E-state index contributed by atoms with van der Waals surface area (Å²) in [6.45, 7) is 6.43. The van der Waals surface area contributed by atoms with Crippen LogP contribution in [0.2, 0.25) is 0 Å². The van der Waals surface area contributed by atoms with Gasteiger partial charge in [0.15, 0.2) is 11.5 Å². The van der Waals surface area contributed by atoms with Crippen molar-refractivity contribution in [2.75, 3.05) is 27.3 Å². The Hall–Kier alpha value is -4.02. The molecule has 0 bridgehead atoms. The smallest absolute Gasteiger partial charge is 0.265 e. The molecule has 2 aromatic heterocycles. The second kappa shape index (κ2) is 13.2. The van der Waals surface area contributed by atoms with E-state index in [1.165, 1.54) is 11.7 Å². The van der Waals surface area contributed by atoms with E-state index in [2.05, 4.69) is 10.6 Å². The highest BCUT2D eigenvalue weighted by Crippen LogP contribution is 2.39. The van der Waals surface area contributed by atoms with Crippen molar-refractivity contribution in [2.45, 2.75) is 32.9 Å². The van der Waals surface area contributed by atoms with E-state index in [9.17, 15) is 19.2 Å². The number of ketones is 1. The lowest BCUT2D eigenvalue weighted by atomic mass is 10.1. The third kappa shape index (κ3) is 7.10. The second-order valence-electron chi connectivity index (χ2n) is 9.51. The quantitative estimate of drug-likeness (QED) is 0.185. The number of carbonyl (C=O) groups is 3. The SMILES string of the molecule is COC(C)(C)C.COc1c(C(=O)NCCNC=O)sc2c1c(=O)n(CC(=O)c1ccccc1)c1ccccc21. The molecule has 0 unspecified atom stereocenters. The van der Waals surface area contributed by atoms with Crippen molar-refractivity contribution in [3.8, 4) is 5.75 Å². The fraction of sp³-hybridized carbons (Fsp3) is 0.310. The van der Waals surface area contributed by atoms with Gasteiger partial charge in [0.1, 0.15) is 10.3 Å². The first-order valence-electron chi connectivity index (χ1n) is 12.3. The third-order valence-corrected chi connectivity index (χ3v) is 7.02. The van der Waals surface area contributed by atoms with E-state index in [0.29, 0.717) is 22.2 Å². The number of amides is 2. The van der Waals surface area contributed by atoms with Crippen LogP contribution < -0.4 is 20.9 Å². The van der Waals surface area contributed by atoms with Crippen LogP contribution in [0.3, 0.4) is 0 Å². The standard InChI is InChI=1S/C24H21N3O5S.C5H12O/c1-32-20-19-21(33-22(20)23(30)26-12-11-25-14-28)16-9-5-6-10-17(16)27(24(19)31)13-18(29)15-7-3-2-4-8-15;1-5(2,3)6-4/h2-10,14H,11-13H2,1H3,(H,25,28)(H,26,30);1-4H3.